The van der Waals surface area contributed by atoms with E-state index in [4.69, 9.17) is 18.6 Å². The highest BCUT2D eigenvalue weighted by molar-refractivity contribution is 5.86. The first-order chi connectivity index (χ1) is 13.4. The number of esters is 2. The molecule has 144 valence electrons. The summed E-state index contributed by atoms with van der Waals surface area (Å²) in [5, 5.41) is 0.284. The van der Waals surface area contributed by atoms with Crippen molar-refractivity contribution in [3.05, 3.63) is 58.4 Å². The molecule has 0 aliphatic heterocycles. The molecular weight excluding hydrogens is 364 g/mol. The minimum atomic E-state index is -0.541. The fourth-order valence-electron chi connectivity index (χ4n) is 2.77. The summed E-state index contributed by atoms with van der Waals surface area (Å²) in [5.41, 5.74) is 1.28. The van der Waals surface area contributed by atoms with Crippen LogP contribution in [0.15, 0.2) is 51.9 Å². The Balaban J connectivity index is 2.15. The molecule has 7 heteroatoms. The summed E-state index contributed by atoms with van der Waals surface area (Å²) in [4.78, 5) is 35.6. The summed E-state index contributed by atoms with van der Waals surface area (Å²) in [5.74, 6) is -0.214. The molecule has 0 saturated carbocycles. The molecule has 0 aliphatic carbocycles. The average molecular weight is 382 g/mol. The molecule has 0 N–H and O–H groups in total. The fraction of sp³-hybridized carbons (Fsp3) is 0.190. The molecule has 1 heterocycles. The summed E-state index contributed by atoms with van der Waals surface area (Å²) >= 11 is 0. The van der Waals surface area contributed by atoms with Crippen LogP contribution >= 0.6 is 0 Å². The molecule has 3 rings (SSSR count). The maximum absolute atomic E-state index is 13.0. The van der Waals surface area contributed by atoms with Gasteiger partial charge in [0.05, 0.1) is 23.6 Å². The van der Waals surface area contributed by atoms with Gasteiger partial charge >= 0.3 is 11.9 Å². The molecule has 0 unspecified atom stereocenters. The van der Waals surface area contributed by atoms with Crippen LogP contribution in [0.2, 0.25) is 0 Å². The van der Waals surface area contributed by atoms with Gasteiger partial charge in [-0.1, -0.05) is 12.1 Å². The highest BCUT2D eigenvalue weighted by Gasteiger charge is 2.18. The summed E-state index contributed by atoms with van der Waals surface area (Å²) < 4.78 is 21.0. The standard InChI is InChI=1S/C21H18O7/c1-12(22)26-11-18-19(28-13(2)23)9-8-16-20(24)17(10-27-21(16)18)14-4-6-15(25-3)7-5-14/h4-10H,11H2,1-3H3. The van der Waals surface area contributed by atoms with Crippen LogP contribution in [0.1, 0.15) is 19.4 Å². The van der Waals surface area contributed by atoms with Gasteiger partial charge in [0.1, 0.15) is 30.0 Å². The summed E-state index contributed by atoms with van der Waals surface area (Å²) in [6.07, 6.45) is 1.33. The molecule has 0 amide bonds. The second-order valence-corrected chi connectivity index (χ2v) is 6.00. The summed E-state index contributed by atoms with van der Waals surface area (Å²) in [6.45, 7) is 2.32. The first-order valence-corrected chi connectivity index (χ1v) is 8.44. The number of hydrogen-bond acceptors (Lipinski definition) is 7. The predicted octanol–water partition coefficient (Wildman–Crippen LogP) is 3.46. The molecule has 7 nitrogen and oxygen atoms in total. The second kappa shape index (κ2) is 7.96. The zero-order valence-electron chi connectivity index (χ0n) is 15.6. The number of benzene rings is 2. The Morgan fingerprint density at radius 2 is 1.71 bits per heavy atom. The van der Waals surface area contributed by atoms with Crippen molar-refractivity contribution in [2.45, 2.75) is 20.5 Å². The van der Waals surface area contributed by atoms with Gasteiger partial charge in [0, 0.05) is 13.8 Å². The van der Waals surface area contributed by atoms with Crippen molar-refractivity contribution in [3.8, 4) is 22.6 Å². The third kappa shape index (κ3) is 3.88. The first kappa shape index (κ1) is 19.2. The molecule has 28 heavy (non-hydrogen) atoms. The number of hydrogen-bond donors (Lipinski definition) is 0. The number of carbonyl (C=O) groups excluding carboxylic acids is 2. The largest absolute Gasteiger partial charge is 0.497 e. The van der Waals surface area contributed by atoms with Gasteiger partial charge < -0.3 is 18.6 Å². The van der Waals surface area contributed by atoms with E-state index in [-0.39, 0.29) is 28.8 Å². The lowest BCUT2D eigenvalue weighted by atomic mass is 10.0. The topological polar surface area (TPSA) is 92.0 Å². The molecule has 0 fully saturated rings. The van der Waals surface area contributed by atoms with Gasteiger partial charge in [0.2, 0.25) is 5.43 Å². The molecule has 0 atom stereocenters. The fourth-order valence-corrected chi connectivity index (χ4v) is 2.77. The Morgan fingerprint density at radius 1 is 1.00 bits per heavy atom. The van der Waals surface area contributed by atoms with Gasteiger partial charge in [-0.15, -0.1) is 0 Å². The van der Waals surface area contributed by atoms with Gasteiger partial charge in [-0.2, -0.15) is 0 Å². The smallest absolute Gasteiger partial charge is 0.308 e. The number of rotatable bonds is 5. The second-order valence-electron chi connectivity index (χ2n) is 6.00. The number of methoxy groups -OCH3 is 1. The van der Waals surface area contributed by atoms with Crippen LogP contribution in [0.3, 0.4) is 0 Å². The van der Waals surface area contributed by atoms with Gasteiger partial charge in [-0.25, -0.2) is 0 Å². The van der Waals surface area contributed by atoms with Crippen LogP contribution in [-0.2, 0) is 20.9 Å². The molecule has 2 aromatic carbocycles. The van der Waals surface area contributed by atoms with Gasteiger partial charge in [0.25, 0.3) is 0 Å². The normalized spacial score (nSPS) is 10.5. The van der Waals surface area contributed by atoms with E-state index in [2.05, 4.69) is 0 Å². The Kier molecular flexibility index (Phi) is 5.44. The van der Waals surface area contributed by atoms with E-state index in [9.17, 15) is 14.4 Å². The van der Waals surface area contributed by atoms with Crippen molar-refractivity contribution in [2.24, 2.45) is 0 Å². The summed E-state index contributed by atoms with van der Waals surface area (Å²) in [6, 6.07) is 10.00. The van der Waals surface area contributed by atoms with E-state index < -0.39 is 11.9 Å². The molecular formula is C21H18O7. The van der Waals surface area contributed by atoms with Crippen molar-refractivity contribution < 1.29 is 28.2 Å². The third-order valence-electron chi connectivity index (χ3n) is 4.08. The van der Waals surface area contributed by atoms with Crippen LogP contribution in [0.5, 0.6) is 11.5 Å². The lowest BCUT2D eigenvalue weighted by Gasteiger charge is -2.12. The Labute approximate surface area is 160 Å². The minimum Gasteiger partial charge on any atom is -0.497 e. The lowest BCUT2D eigenvalue weighted by molar-refractivity contribution is -0.142. The highest BCUT2D eigenvalue weighted by atomic mass is 16.5. The van der Waals surface area contributed by atoms with Crippen LogP contribution in [-0.4, -0.2) is 19.0 Å². The van der Waals surface area contributed by atoms with E-state index in [1.165, 1.54) is 32.2 Å². The van der Waals surface area contributed by atoms with Crippen LogP contribution in [0.4, 0.5) is 0 Å². The van der Waals surface area contributed by atoms with Crippen molar-refractivity contribution >= 4 is 22.9 Å². The maximum Gasteiger partial charge on any atom is 0.308 e. The molecule has 0 saturated heterocycles. The molecule has 0 bridgehead atoms. The van der Waals surface area contributed by atoms with Gasteiger partial charge in [-0.3, -0.25) is 14.4 Å². The predicted molar refractivity (Wildman–Crippen MR) is 101 cm³/mol. The zero-order valence-corrected chi connectivity index (χ0v) is 15.6. The molecule has 0 spiro atoms. The highest BCUT2D eigenvalue weighted by Crippen LogP contribution is 2.30. The SMILES string of the molecule is COc1ccc(-c2coc3c(COC(C)=O)c(OC(C)=O)ccc3c2=O)cc1. The van der Waals surface area contributed by atoms with Gasteiger partial charge in [-0.05, 0) is 29.8 Å². The number of ether oxygens (including phenoxy) is 3. The zero-order chi connectivity index (χ0) is 20.3. The molecule has 1 aromatic heterocycles. The van der Waals surface area contributed by atoms with Crippen molar-refractivity contribution in [1.82, 2.24) is 0 Å². The van der Waals surface area contributed by atoms with Crippen molar-refractivity contribution in [1.29, 1.82) is 0 Å². The minimum absolute atomic E-state index is 0.168. The van der Waals surface area contributed by atoms with E-state index in [1.54, 1.807) is 31.4 Å². The van der Waals surface area contributed by atoms with Crippen molar-refractivity contribution in [3.63, 3.8) is 0 Å². The maximum atomic E-state index is 13.0. The summed E-state index contributed by atoms with van der Waals surface area (Å²) in [7, 11) is 1.56. The number of carbonyl (C=O) groups is 2. The van der Waals surface area contributed by atoms with Gasteiger partial charge in [0.15, 0.2) is 0 Å². The van der Waals surface area contributed by atoms with E-state index in [1.807, 2.05) is 0 Å². The van der Waals surface area contributed by atoms with E-state index >= 15 is 0 Å². The monoisotopic (exact) mass is 382 g/mol. The number of fused-ring (bicyclic) bond motifs is 1. The quantitative estimate of drug-likeness (QED) is 0.493. The van der Waals surface area contributed by atoms with Crippen LogP contribution in [0, 0.1) is 0 Å². The Hall–Kier alpha value is -3.61. The van der Waals surface area contributed by atoms with Crippen LogP contribution in [0.25, 0.3) is 22.1 Å². The van der Waals surface area contributed by atoms with E-state index in [0.717, 1.165) is 0 Å². The average Bonchev–Trinajstić information content (AvgIpc) is 2.67. The van der Waals surface area contributed by atoms with Crippen molar-refractivity contribution in [2.75, 3.05) is 7.11 Å². The first-order valence-electron chi connectivity index (χ1n) is 8.44. The Morgan fingerprint density at radius 3 is 2.32 bits per heavy atom. The Bertz CT molecular complexity index is 1090. The van der Waals surface area contributed by atoms with E-state index in [0.29, 0.717) is 22.4 Å². The molecule has 0 aliphatic rings. The molecule has 3 aromatic rings. The molecule has 0 radical (unpaired) electrons. The van der Waals surface area contributed by atoms with Crippen LogP contribution < -0.4 is 14.9 Å². The lowest BCUT2D eigenvalue weighted by Crippen LogP contribution is -2.10. The third-order valence-corrected chi connectivity index (χ3v) is 4.08.